The van der Waals surface area contributed by atoms with Gasteiger partial charge >= 0.3 is 13.3 Å². The highest BCUT2D eigenvalue weighted by molar-refractivity contribution is 7.51. The SMILES string of the molecule is O=c1ccn(C/C=C\CCP(=O)(O)O)c(=O)[nH]1. The fraction of sp³-hybridized carbons (Fsp3) is 0.333. The van der Waals surface area contributed by atoms with E-state index >= 15 is 0 Å². The van der Waals surface area contributed by atoms with Crippen molar-refractivity contribution in [1.82, 2.24) is 9.55 Å². The van der Waals surface area contributed by atoms with E-state index in [0.717, 1.165) is 0 Å². The van der Waals surface area contributed by atoms with Crippen molar-refractivity contribution < 1.29 is 14.4 Å². The first-order valence-electron chi connectivity index (χ1n) is 4.88. The Kier molecular flexibility index (Phi) is 4.62. The smallest absolute Gasteiger partial charge is 0.324 e. The van der Waals surface area contributed by atoms with Gasteiger partial charge in [-0.25, -0.2) is 4.79 Å². The molecule has 0 saturated heterocycles. The Hall–Kier alpha value is -1.43. The van der Waals surface area contributed by atoms with E-state index in [1.807, 2.05) is 0 Å². The molecule has 0 aliphatic heterocycles. The first-order valence-corrected chi connectivity index (χ1v) is 6.67. The molecule has 0 saturated carbocycles. The molecule has 0 unspecified atom stereocenters. The number of H-pyrrole nitrogens is 1. The second-order valence-electron chi connectivity index (χ2n) is 3.41. The molecular weight excluding hydrogens is 247 g/mol. The van der Waals surface area contributed by atoms with Crippen LogP contribution >= 0.6 is 7.60 Å². The lowest BCUT2D eigenvalue weighted by atomic mass is 10.4. The van der Waals surface area contributed by atoms with Crippen LogP contribution in [0.3, 0.4) is 0 Å². The molecule has 17 heavy (non-hydrogen) atoms. The number of hydrogen-bond donors (Lipinski definition) is 3. The van der Waals surface area contributed by atoms with Crippen molar-refractivity contribution in [2.45, 2.75) is 13.0 Å². The van der Waals surface area contributed by atoms with Crippen LogP contribution in [0.5, 0.6) is 0 Å². The highest BCUT2D eigenvalue weighted by atomic mass is 31.2. The maximum Gasteiger partial charge on any atom is 0.328 e. The third-order valence-electron chi connectivity index (χ3n) is 1.95. The number of rotatable bonds is 5. The molecule has 1 aromatic heterocycles. The van der Waals surface area contributed by atoms with Crippen molar-refractivity contribution in [3.05, 3.63) is 45.3 Å². The van der Waals surface area contributed by atoms with E-state index in [-0.39, 0.29) is 19.1 Å². The summed E-state index contributed by atoms with van der Waals surface area (Å²) in [5.41, 5.74) is -0.978. The minimum absolute atomic E-state index is 0.218. The summed E-state index contributed by atoms with van der Waals surface area (Å²) in [5, 5.41) is 0. The number of nitrogens with one attached hydrogen (secondary N) is 1. The molecule has 0 amide bonds. The lowest BCUT2D eigenvalue weighted by molar-refractivity contribution is 0.373. The monoisotopic (exact) mass is 260 g/mol. The number of hydrogen-bond acceptors (Lipinski definition) is 3. The summed E-state index contributed by atoms with van der Waals surface area (Å²) in [4.78, 5) is 41.2. The van der Waals surface area contributed by atoms with E-state index in [1.54, 1.807) is 12.2 Å². The molecular formula is C9H13N2O5P. The molecule has 1 aromatic rings. The fourth-order valence-electron chi connectivity index (χ4n) is 1.14. The van der Waals surface area contributed by atoms with Gasteiger partial charge in [-0.2, -0.15) is 0 Å². The maximum absolute atomic E-state index is 11.2. The second-order valence-corrected chi connectivity index (χ2v) is 5.19. The quantitative estimate of drug-likeness (QED) is 0.495. The summed E-state index contributed by atoms with van der Waals surface area (Å²) >= 11 is 0. The first kappa shape index (κ1) is 13.6. The molecule has 0 fully saturated rings. The van der Waals surface area contributed by atoms with Crippen molar-refractivity contribution in [2.75, 3.05) is 6.16 Å². The van der Waals surface area contributed by atoms with Gasteiger partial charge in [0.15, 0.2) is 0 Å². The van der Waals surface area contributed by atoms with E-state index in [9.17, 15) is 14.2 Å². The Balaban J connectivity index is 2.51. The van der Waals surface area contributed by atoms with Gasteiger partial charge in [0.1, 0.15) is 0 Å². The van der Waals surface area contributed by atoms with Gasteiger partial charge in [0, 0.05) is 18.8 Å². The zero-order valence-electron chi connectivity index (χ0n) is 8.94. The van der Waals surface area contributed by atoms with Gasteiger partial charge in [0.05, 0.1) is 6.16 Å². The van der Waals surface area contributed by atoms with E-state index in [2.05, 4.69) is 4.98 Å². The average molecular weight is 260 g/mol. The van der Waals surface area contributed by atoms with E-state index in [4.69, 9.17) is 9.79 Å². The summed E-state index contributed by atoms with van der Waals surface area (Å²) in [6.45, 7) is 0.247. The van der Waals surface area contributed by atoms with Crippen molar-refractivity contribution in [2.24, 2.45) is 0 Å². The molecule has 0 atom stereocenters. The Morgan fingerprint density at radius 2 is 2.06 bits per heavy atom. The number of allylic oxidation sites excluding steroid dienone is 2. The highest BCUT2D eigenvalue weighted by Gasteiger charge is 2.09. The molecule has 7 nitrogen and oxygen atoms in total. The third kappa shape index (κ3) is 5.44. The van der Waals surface area contributed by atoms with E-state index in [0.29, 0.717) is 0 Å². The topological polar surface area (TPSA) is 112 Å². The van der Waals surface area contributed by atoms with Crippen molar-refractivity contribution in [3.8, 4) is 0 Å². The second kappa shape index (κ2) is 5.77. The predicted octanol–water partition coefficient (Wildman–Crippen LogP) is -0.339. The van der Waals surface area contributed by atoms with Gasteiger partial charge in [0.25, 0.3) is 5.56 Å². The van der Waals surface area contributed by atoms with Gasteiger partial charge in [-0.15, -0.1) is 0 Å². The Labute approximate surface area is 96.6 Å². The number of aromatic nitrogens is 2. The number of aromatic amines is 1. The van der Waals surface area contributed by atoms with Crippen LogP contribution in [-0.2, 0) is 11.1 Å². The molecule has 0 aliphatic carbocycles. The molecule has 1 heterocycles. The van der Waals surface area contributed by atoms with Crippen LogP contribution in [-0.4, -0.2) is 25.5 Å². The average Bonchev–Trinajstić information content (AvgIpc) is 2.18. The van der Waals surface area contributed by atoms with Gasteiger partial charge in [-0.1, -0.05) is 12.2 Å². The maximum atomic E-state index is 11.2. The Morgan fingerprint density at radius 1 is 1.35 bits per heavy atom. The van der Waals surface area contributed by atoms with Crippen LogP contribution in [0.1, 0.15) is 6.42 Å². The van der Waals surface area contributed by atoms with Crippen LogP contribution in [0.2, 0.25) is 0 Å². The minimum Gasteiger partial charge on any atom is -0.324 e. The lowest BCUT2D eigenvalue weighted by Crippen LogP contribution is -2.28. The van der Waals surface area contributed by atoms with Crippen molar-refractivity contribution >= 4 is 7.60 Å². The lowest BCUT2D eigenvalue weighted by Gasteiger charge is -2.00. The Bertz CT molecular complexity index is 553. The zero-order chi connectivity index (χ0) is 12.9. The summed E-state index contributed by atoms with van der Waals surface area (Å²) in [7, 11) is -3.96. The number of nitrogens with zero attached hydrogens (tertiary/aromatic N) is 1. The van der Waals surface area contributed by atoms with Crippen LogP contribution in [0.25, 0.3) is 0 Å². The normalized spacial score (nSPS) is 12.1. The van der Waals surface area contributed by atoms with Crippen LogP contribution in [0, 0.1) is 0 Å². The molecule has 0 radical (unpaired) electrons. The fourth-order valence-corrected chi connectivity index (χ4v) is 1.62. The molecule has 0 aliphatic rings. The van der Waals surface area contributed by atoms with Crippen molar-refractivity contribution in [3.63, 3.8) is 0 Å². The first-order chi connectivity index (χ1) is 7.88. The summed E-state index contributed by atoms with van der Waals surface area (Å²) in [6, 6.07) is 1.23. The molecule has 0 spiro atoms. The summed E-state index contributed by atoms with van der Waals surface area (Å²) in [6.07, 6.45) is 4.56. The van der Waals surface area contributed by atoms with Crippen LogP contribution in [0.4, 0.5) is 0 Å². The van der Waals surface area contributed by atoms with E-state index in [1.165, 1.54) is 16.8 Å². The standard InChI is InChI=1S/C9H13N2O5P/c12-8-4-6-11(9(13)10-8)5-2-1-3-7-17(14,15)16/h1-2,4,6H,3,5,7H2,(H,10,12,13)(H2,14,15,16)/b2-1-. The van der Waals surface area contributed by atoms with E-state index < -0.39 is 18.8 Å². The highest BCUT2D eigenvalue weighted by Crippen LogP contribution is 2.34. The van der Waals surface area contributed by atoms with Gasteiger partial charge < -0.3 is 9.79 Å². The van der Waals surface area contributed by atoms with Gasteiger partial charge in [0.2, 0.25) is 0 Å². The minimum atomic E-state index is -3.96. The molecule has 1 rings (SSSR count). The van der Waals surface area contributed by atoms with Gasteiger partial charge in [-0.05, 0) is 6.42 Å². The summed E-state index contributed by atoms with van der Waals surface area (Å²) < 4.78 is 11.8. The third-order valence-corrected chi connectivity index (χ3v) is 2.79. The molecule has 0 aromatic carbocycles. The van der Waals surface area contributed by atoms with Gasteiger partial charge in [-0.3, -0.25) is 18.9 Å². The van der Waals surface area contributed by atoms with Crippen LogP contribution < -0.4 is 11.2 Å². The largest absolute Gasteiger partial charge is 0.328 e. The molecule has 8 heteroatoms. The zero-order valence-corrected chi connectivity index (χ0v) is 9.84. The molecule has 94 valence electrons. The predicted molar refractivity (Wildman–Crippen MR) is 62.0 cm³/mol. The van der Waals surface area contributed by atoms with Crippen LogP contribution in [0.15, 0.2) is 34.0 Å². The Morgan fingerprint density at radius 3 is 2.65 bits per heavy atom. The van der Waals surface area contributed by atoms with Crippen molar-refractivity contribution in [1.29, 1.82) is 0 Å². The molecule has 0 bridgehead atoms. The molecule has 3 N–H and O–H groups in total. The summed E-state index contributed by atoms with van der Waals surface area (Å²) in [5.74, 6) is 0.